The zero-order chi connectivity index (χ0) is 38.5. The van der Waals surface area contributed by atoms with E-state index in [2.05, 4.69) is 72.8 Å². The van der Waals surface area contributed by atoms with Crippen LogP contribution < -0.4 is 14.7 Å². The number of hydrogen-bond donors (Lipinski definition) is 7. The number of hydrogen-bond acceptors (Lipinski definition) is 10. The summed E-state index contributed by atoms with van der Waals surface area (Å²) >= 11 is 0. The monoisotopic (exact) mass is 743 g/mol. The van der Waals surface area contributed by atoms with Crippen LogP contribution in [0.4, 0.5) is 17.1 Å². The maximum absolute atomic E-state index is 9.89. The first-order valence-corrected chi connectivity index (χ1v) is 19.3. The van der Waals surface area contributed by atoms with E-state index in [9.17, 15) is 5.11 Å². The molecule has 4 aromatic rings. The average Bonchev–Trinajstić information content (AvgIpc) is 3.19. The minimum atomic E-state index is -0.141. The van der Waals surface area contributed by atoms with Gasteiger partial charge in [0.2, 0.25) is 0 Å². The fraction of sp³-hybridized carbons (Fsp3) is 0.455. The Hall–Kier alpha value is -4.00. The minimum absolute atomic E-state index is 0.0533. The standard InChI is InChI=1S/C23H31NO3.C21H30N2O4/c25-14-12-24(13-15-26)22-10-6-19(7-11-22)16-18-4-8-20(9-5-18)21-2-1-3-23(27)17-21;24-13-9-22(10-14-25)20-5-1-18(2-6-20)17-19-3-7-21(8-4-19)23(11-15-26)12-16-27/h4-11,21,23,25-27H,1-3,12-17H2;1-8,24-27H,9-17H2. The van der Waals surface area contributed by atoms with Gasteiger partial charge in [0.05, 0.1) is 45.7 Å². The molecule has 2 unspecified atom stereocenters. The van der Waals surface area contributed by atoms with Crippen LogP contribution in [0.25, 0.3) is 0 Å². The third-order valence-electron chi connectivity index (χ3n) is 10.0. The van der Waals surface area contributed by atoms with Crippen molar-refractivity contribution in [2.75, 3.05) is 93.6 Å². The molecule has 0 heterocycles. The molecule has 10 nitrogen and oxygen atoms in total. The molecule has 0 saturated heterocycles. The van der Waals surface area contributed by atoms with Crippen LogP contribution >= 0.6 is 0 Å². The summed E-state index contributed by atoms with van der Waals surface area (Å²) in [6, 6.07) is 33.5. The molecule has 5 rings (SSSR count). The maximum Gasteiger partial charge on any atom is 0.0606 e. The molecule has 1 aliphatic carbocycles. The van der Waals surface area contributed by atoms with E-state index in [1.54, 1.807) is 0 Å². The predicted molar refractivity (Wildman–Crippen MR) is 218 cm³/mol. The Morgan fingerprint density at radius 3 is 0.981 bits per heavy atom. The molecule has 1 saturated carbocycles. The summed E-state index contributed by atoms with van der Waals surface area (Å²) < 4.78 is 0. The van der Waals surface area contributed by atoms with Gasteiger partial charge in [-0.2, -0.15) is 0 Å². The fourth-order valence-corrected chi connectivity index (χ4v) is 7.15. The molecule has 0 radical (unpaired) electrons. The van der Waals surface area contributed by atoms with Crippen LogP contribution in [0.3, 0.4) is 0 Å². The molecular formula is C44H61N3O7. The Morgan fingerprint density at radius 1 is 0.407 bits per heavy atom. The molecule has 4 aromatic carbocycles. The number of rotatable bonds is 20. The second kappa shape index (κ2) is 23.7. The Bertz CT molecular complexity index is 1340. The van der Waals surface area contributed by atoms with E-state index in [0.29, 0.717) is 45.2 Å². The van der Waals surface area contributed by atoms with Crippen LogP contribution in [0.15, 0.2) is 97.1 Å². The lowest BCUT2D eigenvalue weighted by molar-refractivity contribution is 0.119. The first kappa shape index (κ1) is 42.7. The summed E-state index contributed by atoms with van der Waals surface area (Å²) in [5, 5.41) is 64.8. The smallest absolute Gasteiger partial charge is 0.0606 e. The van der Waals surface area contributed by atoms with Crippen LogP contribution in [0.2, 0.25) is 0 Å². The molecular weight excluding hydrogens is 682 g/mol. The second-order valence-corrected chi connectivity index (χ2v) is 13.9. The molecule has 0 amide bonds. The van der Waals surface area contributed by atoms with E-state index in [1.165, 1.54) is 34.2 Å². The van der Waals surface area contributed by atoms with Crippen LogP contribution in [-0.4, -0.2) is 121 Å². The molecule has 0 bridgehead atoms. The Kier molecular flexibility index (Phi) is 18.8. The van der Waals surface area contributed by atoms with Gasteiger partial charge in [-0.3, -0.25) is 0 Å². The highest BCUT2D eigenvalue weighted by atomic mass is 16.3. The quantitative estimate of drug-likeness (QED) is 0.0710. The van der Waals surface area contributed by atoms with Crippen LogP contribution in [0, 0.1) is 0 Å². The lowest BCUT2D eigenvalue weighted by atomic mass is 9.82. The van der Waals surface area contributed by atoms with Gasteiger partial charge < -0.3 is 50.4 Å². The van der Waals surface area contributed by atoms with E-state index in [1.807, 2.05) is 39.0 Å². The van der Waals surface area contributed by atoms with Crippen molar-refractivity contribution in [2.45, 2.75) is 50.5 Å². The summed E-state index contributed by atoms with van der Waals surface area (Å²) in [7, 11) is 0. The number of nitrogens with zero attached hydrogens (tertiary/aromatic N) is 3. The highest BCUT2D eigenvalue weighted by Gasteiger charge is 2.21. The van der Waals surface area contributed by atoms with Gasteiger partial charge in [0, 0.05) is 56.3 Å². The van der Waals surface area contributed by atoms with E-state index < -0.39 is 0 Å². The Labute approximate surface area is 321 Å². The van der Waals surface area contributed by atoms with Gasteiger partial charge in [0.15, 0.2) is 0 Å². The molecule has 2 atom stereocenters. The predicted octanol–water partition coefficient (Wildman–Crippen LogP) is 3.95. The third-order valence-corrected chi connectivity index (χ3v) is 10.0. The highest BCUT2D eigenvalue weighted by Crippen LogP contribution is 2.33. The molecule has 1 fully saturated rings. The SMILES string of the molecule is OCCN(CCO)c1ccc(Cc2ccc(C3CCCC(O)C3)cc2)cc1.OCCN(CCO)c1ccc(Cc2ccc(N(CCO)CCO)cc2)cc1. The van der Waals surface area contributed by atoms with Crippen molar-refractivity contribution in [3.8, 4) is 0 Å². The lowest BCUT2D eigenvalue weighted by Crippen LogP contribution is -2.29. The summed E-state index contributed by atoms with van der Waals surface area (Å²) in [6.45, 7) is 3.41. The Balaban J connectivity index is 0.000000241. The van der Waals surface area contributed by atoms with E-state index in [0.717, 1.165) is 49.2 Å². The van der Waals surface area contributed by atoms with E-state index >= 15 is 0 Å². The fourth-order valence-electron chi connectivity index (χ4n) is 7.15. The molecule has 0 aliphatic heterocycles. The van der Waals surface area contributed by atoms with Crippen molar-refractivity contribution in [1.29, 1.82) is 0 Å². The molecule has 1 aliphatic rings. The van der Waals surface area contributed by atoms with Crippen LogP contribution in [-0.2, 0) is 12.8 Å². The van der Waals surface area contributed by atoms with Gasteiger partial charge in [-0.25, -0.2) is 0 Å². The first-order valence-electron chi connectivity index (χ1n) is 19.3. The first-order chi connectivity index (χ1) is 26.4. The van der Waals surface area contributed by atoms with Gasteiger partial charge in [0.25, 0.3) is 0 Å². The molecule has 54 heavy (non-hydrogen) atoms. The number of aliphatic hydroxyl groups is 7. The van der Waals surface area contributed by atoms with Crippen molar-refractivity contribution in [1.82, 2.24) is 0 Å². The summed E-state index contributed by atoms with van der Waals surface area (Å²) in [4.78, 5) is 5.89. The molecule has 294 valence electrons. The van der Waals surface area contributed by atoms with Gasteiger partial charge in [-0.15, -0.1) is 0 Å². The lowest BCUT2D eigenvalue weighted by Gasteiger charge is -2.26. The molecule has 0 aromatic heterocycles. The number of aliphatic hydroxyl groups excluding tert-OH is 7. The van der Waals surface area contributed by atoms with Crippen LogP contribution in [0.1, 0.15) is 59.4 Å². The summed E-state index contributed by atoms with van der Waals surface area (Å²) in [5.41, 5.74) is 9.23. The number of anilines is 3. The zero-order valence-electron chi connectivity index (χ0n) is 31.6. The van der Waals surface area contributed by atoms with E-state index in [-0.39, 0.29) is 45.7 Å². The van der Waals surface area contributed by atoms with Gasteiger partial charge >= 0.3 is 0 Å². The van der Waals surface area contributed by atoms with Crippen molar-refractivity contribution < 1.29 is 35.7 Å². The van der Waals surface area contributed by atoms with Crippen molar-refractivity contribution >= 4 is 17.1 Å². The van der Waals surface area contributed by atoms with Gasteiger partial charge in [0.1, 0.15) is 0 Å². The summed E-state index contributed by atoms with van der Waals surface area (Å²) in [6.07, 6.45) is 5.67. The maximum atomic E-state index is 9.89. The minimum Gasteiger partial charge on any atom is -0.395 e. The molecule has 10 heteroatoms. The van der Waals surface area contributed by atoms with Crippen molar-refractivity contribution in [3.63, 3.8) is 0 Å². The summed E-state index contributed by atoms with van der Waals surface area (Å²) in [5.74, 6) is 0.492. The second-order valence-electron chi connectivity index (χ2n) is 13.9. The van der Waals surface area contributed by atoms with Crippen molar-refractivity contribution in [3.05, 3.63) is 125 Å². The third kappa shape index (κ3) is 13.7. The average molecular weight is 744 g/mol. The van der Waals surface area contributed by atoms with E-state index in [4.69, 9.17) is 30.6 Å². The van der Waals surface area contributed by atoms with Crippen LogP contribution in [0.5, 0.6) is 0 Å². The molecule has 7 N–H and O–H groups in total. The largest absolute Gasteiger partial charge is 0.395 e. The zero-order valence-corrected chi connectivity index (χ0v) is 31.6. The number of benzene rings is 4. The highest BCUT2D eigenvalue weighted by molar-refractivity contribution is 5.51. The van der Waals surface area contributed by atoms with Gasteiger partial charge in [-0.1, -0.05) is 67.1 Å². The van der Waals surface area contributed by atoms with Crippen molar-refractivity contribution in [2.24, 2.45) is 0 Å². The topological polar surface area (TPSA) is 151 Å². The van der Waals surface area contributed by atoms with Gasteiger partial charge in [-0.05, 0) is 102 Å². The Morgan fingerprint density at radius 2 is 0.704 bits per heavy atom. The molecule has 0 spiro atoms. The normalized spacial score (nSPS) is 15.3.